The summed E-state index contributed by atoms with van der Waals surface area (Å²) >= 11 is 0. The average Bonchev–Trinajstić information content (AvgIpc) is 2.54. The molecule has 2 N–H and O–H groups in total. The second-order valence-electron chi connectivity index (χ2n) is 4.78. The lowest BCUT2D eigenvalue weighted by Gasteiger charge is -2.13. The number of carbonyl (C=O) groups is 1. The van der Waals surface area contributed by atoms with Crippen molar-refractivity contribution in [2.45, 2.75) is 26.3 Å². The second kappa shape index (κ2) is 7.38. The molecule has 0 bridgehead atoms. The Hall–Kier alpha value is -2.43. The van der Waals surface area contributed by atoms with Crippen molar-refractivity contribution in [3.63, 3.8) is 0 Å². The van der Waals surface area contributed by atoms with Crippen molar-refractivity contribution in [1.82, 2.24) is 15.3 Å². The van der Waals surface area contributed by atoms with Gasteiger partial charge in [0, 0.05) is 12.7 Å². The van der Waals surface area contributed by atoms with Gasteiger partial charge in [0.1, 0.15) is 11.5 Å². The van der Waals surface area contributed by atoms with Gasteiger partial charge in [-0.15, -0.1) is 0 Å². The highest BCUT2D eigenvalue weighted by atomic mass is 16.1. The van der Waals surface area contributed by atoms with Crippen molar-refractivity contribution >= 4 is 11.7 Å². The zero-order chi connectivity index (χ0) is 15.1. The zero-order valence-electron chi connectivity index (χ0n) is 12.3. The van der Waals surface area contributed by atoms with Crippen LogP contribution in [-0.4, -0.2) is 22.4 Å². The van der Waals surface area contributed by atoms with Gasteiger partial charge < -0.3 is 10.6 Å². The number of amides is 1. The largest absolute Gasteiger partial charge is 0.370 e. The number of nitrogens with zero attached hydrogens (tertiary/aromatic N) is 2. The average molecular weight is 284 g/mol. The van der Waals surface area contributed by atoms with Crippen LogP contribution >= 0.6 is 0 Å². The van der Waals surface area contributed by atoms with Gasteiger partial charge in [0.15, 0.2) is 0 Å². The van der Waals surface area contributed by atoms with Crippen LogP contribution in [0.15, 0.2) is 42.6 Å². The van der Waals surface area contributed by atoms with Crippen molar-refractivity contribution in [2.75, 3.05) is 11.9 Å². The molecular formula is C16H20N4O. The van der Waals surface area contributed by atoms with E-state index in [0.717, 1.165) is 24.5 Å². The molecule has 2 heterocycles. The SMILES string of the molecule is CCCNc1cccc(C(=O)NC(C)c2ccccn2)n1. The number of anilines is 1. The Labute approximate surface area is 124 Å². The molecule has 5 heteroatoms. The summed E-state index contributed by atoms with van der Waals surface area (Å²) in [4.78, 5) is 20.8. The maximum atomic E-state index is 12.2. The zero-order valence-corrected chi connectivity index (χ0v) is 12.3. The Morgan fingerprint density at radius 1 is 1.24 bits per heavy atom. The fourth-order valence-corrected chi connectivity index (χ4v) is 1.89. The van der Waals surface area contributed by atoms with Gasteiger partial charge in [-0.3, -0.25) is 9.78 Å². The third kappa shape index (κ3) is 4.27. The van der Waals surface area contributed by atoms with Gasteiger partial charge in [-0.25, -0.2) is 4.98 Å². The molecule has 0 aliphatic carbocycles. The van der Waals surface area contributed by atoms with Gasteiger partial charge >= 0.3 is 0 Å². The molecular weight excluding hydrogens is 264 g/mol. The highest BCUT2D eigenvalue weighted by Gasteiger charge is 2.13. The molecule has 5 nitrogen and oxygen atoms in total. The first kappa shape index (κ1) is 15.0. The van der Waals surface area contributed by atoms with Crippen LogP contribution in [0.3, 0.4) is 0 Å². The minimum atomic E-state index is -0.201. The molecule has 1 amide bonds. The monoisotopic (exact) mass is 284 g/mol. The van der Waals surface area contributed by atoms with E-state index in [1.54, 1.807) is 12.3 Å². The van der Waals surface area contributed by atoms with Gasteiger partial charge in [-0.05, 0) is 37.6 Å². The number of pyridine rings is 2. The van der Waals surface area contributed by atoms with Crippen LogP contribution in [-0.2, 0) is 0 Å². The second-order valence-corrected chi connectivity index (χ2v) is 4.78. The first-order valence-corrected chi connectivity index (χ1v) is 7.13. The molecule has 2 aromatic heterocycles. The minimum Gasteiger partial charge on any atom is -0.370 e. The van der Waals surface area contributed by atoms with Crippen molar-refractivity contribution < 1.29 is 4.79 Å². The number of nitrogens with one attached hydrogen (secondary N) is 2. The van der Waals surface area contributed by atoms with Crippen LogP contribution in [0.2, 0.25) is 0 Å². The maximum absolute atomic E-state index is 12.2. The normalized spacial score (nSPS) is 11.7. The Bertz CT molecular complexity index is 586. The third-order valence-electron chi connectivity index (χ3n) is 3.02. The van der Waals surface area contributed by atoms with E-state index in [0.29, 0.717) is 5.69 Å². The highest BCUT2D eigenvalue weighted by molar-refractivity contribution is 5.92. The van der Waals surface area contributed by atoms with E-state index in [1.165, 1.54) is 0 Å². The first-order chi connectivity index (χ1) is 10.2. The predicted octanol–water partition coefficient (Wildman–Crippen LogP) is 2.79. The molecule has 0 aliphatic heterocycles. The standard InChI is InChI=1S/C16H20N4O/c1-3-10-18-15-9-6-8-14(20-15)16(21)19-12(2)13-7-4-5-11-17-13/h4-9,11-12H,3,10H2,1-2H3,(H,18,20)(H,19,21). The Balaban J connectivity index is 2.03. The van der Waals surface area contributed by atoms with Crippen LogP contribution in [0, 0.1) is 0 Å². The molecule has 0 saturated carbocycles. The molecule has 1 unspecified atom stereocenters. The van der Waals surface area contributed by atoms with Crippen molar-refractivity contribution in [3.8, 4) is 0 Å². The fraction of sp³-hybridized carbons (Fsp3) is 0.312. The van der Waals surface area contributed by atoms with Crippen molar-refractivity contribution in [1.29, 1.82) is 0 Å². The molecule has 0 saturated heterocycles. The van der Waals surface area contributed by atoms with E-state index in [1.807, 2.05) is 37.3 Å². The van der Waals surface area contributed by atoms with E-state index in [4.69, 9.17) is 0 Å². The number of carbonyl (C=O) groups excluding carboxylic acids is 1. The molecule has 2 aromatic rings. The van der Waals surface area contributed by atoms with Crippen LogP contribution in [0.5, 0.6) is 0 Å². The lowest BCUT2D eigenvalue weighted by atomic mass is 10.2. The van der Waals surface area contributed by atoms with Crippen molar-refractivity contribution in [2.24, 2.45) is 0 Å². The summed E-state index contributed by atoms with van der Waals surface area (Å²) in [6.07, 6.45) is 2.72. The summed E-state index contributed by atoms with van der Waals surface area (Å²) in [6, 6.07) is 10.9. The quantitative estimate of drug-likeness (QED) is 0.856. The van der Waals surface area contributed by atoms with E-state index in [-0.39, 0.29) is 11.9 Å². The molecule has 1 atom stereocenters. The molecule has 0 radical (unpaired) electrons. The van der Waals surface area contributed by atoms with Gasteiger partial charge in [-0.2, -0.15) is 0 Å². The number of hydrogen-bond acceptors (Lipinski definition) is 4. The number of rotatable bonds is 6. The van der Waals surface area contributed by atoms with Gasteiger partial charge in [-0.1, -0.05) is 19.1 Å². The fourth-order valence-electron chi connectivity index (χ4n) is 1.89. The minimum absolute atomic E-state index is 0.159. The summed E-state index contributed by atoms with van der Waals surface area (Å²) in [5.41, 5.74) is 1.23. The first-order valence-electron chi connectivity index (χ1n) is 7.13. The molecule has 110 valence electrons. The summed E-state index contributed by atoms with van der Waals surface area (Å²) in [5, 5.41) is 6.08. The smallest absolute Gasteiger partial charge is 0.270 e. The molecule has 0 aromatic carbocycles. The molecule has 0 aliphatic rings. The molecule has 0 fully saturated rings. The van der Waals surface area contributed by atoms with Crippen molar-refractivity contribution in [3.05, 3.63) is 54.0 Å². The van der Waals surface area contributed by atoms with Gasteiger partial charge in [0.2, 0.25) is 0 Å². The van der Waals surface area contributed by atoms with Crippen LogP contribution in [0.25, 0.3) is 0 Å². The lowest BCUT2D eigenvalue weighted by molar-refractivity contribution is 0.0934. The Kier molecular flexibility index (Phi) is 5.26. The summed E-state index contributed by atoms with van der Waals surface area (Å²) in [7, 11) is 0. The predicted molar refractivity (Wildman–Crippen MR) is 83.1 cm³/mol. The number of aromatic nitrogens is 2. The van der Waals surface area contributed by atoms with Gasteiger partial charge in [0.25, 0.3) is 5.91 Å². The van der Waals surface area contributed by atoms with E-state index in [2.05, 4.69) is 27.5 Å². The number of hydrogen-bond donors (Lipinski definition) is 2. The summed E-state index contributed by atoms with van der Waals surface area (Å²) in [5.74, 6) is 0.517. The Morgan fingerprint density at radius 2 is 2.10 bits per heavy atom. The maximum Gasteiger partial charge on any atom is 0.270 e. The topological polar surface area (TPSA) is 66.9 Å². The molecule has 21 heavy (non-hydrogen) atoms. The van der Waals surface area contributed by atoms with Crippen LogP contribution < -0.4 is 10.6 Å². The highest BCUT2D eigenvalue weighted by Crippen LogP contribution is 2.10. The van der Waals surface area contributed by atoms with E-state index >= 15 is 0 Å². The summed E-state index contributed by atoms with van der Waals surface area (Å²) in [6.45, 7) is 4.82. The lowest BCUT2D eigenvalue weighted by Crippen LogP contribution is -2.28. The van der Waals surface area contributed by atoms with Crippen LogP contribution in [0.1, 0.15) is 42.5 Å². The summed E-state index contributed by atoms with van der Waals surface area (Å²) < 4.78 is 0. The third-order valence-corrected chi connectivity index (χ3v) is 3.02. The van der Waals surface area contributed by atoms with E-state index < -0.39 is 0 Å². The molecule has 0 spiro atoms. The molecule has 2 rings (SSSR count). The Morgan fingerprint density at radius 3 is 2.81 bits per heavy atom. The van der Waals surface area contributed by atoms with E-state index in [9.17, 15) is 4.79 Å². The van der Waals surface area contributed by atoms with Crippen LogP contribution in [0.4, 0.5) is 5.82 Å². The van der Waals surface area contributed by atoms with Gasteiger partial charge in [0.05, 0.1) is 11.7 Å².